The molecule has 0 radical (unpaired) electrons. The Hall–Kier alpha value is -4.26. The standard InChI is InChI=1S/C32H35NO6/c1-32(2,3)22-12-15-26(39-6)25(19-22)29(34)27-28(21-8-7-9-24(18-21)38-5)33(31(36)30(27)35)17-16-20-10-13-23(37-4)14-11-20/h7-15,18-19,28,34H,16-17H2,1-6H3/b29-27+. The number of methoxy groups -OCH3 is 3. The molecule has 0 aliphatic carbocycles. The predicted molar refractivity (Wildman–Crippen MR) is 150 cm³/mol. The summed E-state index contributed by atoms with van der Waals surface area (Å²) < 4.78 is 16.2. The minimum atomic E-state index is -0.804. The number of hydrogen-bond donors (Lipinski definition) is 1. The quantitative estimate of drug-likeness (QED) is 0.230. The molecular formula is C32H35NO6. The van der Waals surface area contributed by atoms with Gasteiger partial charge in [-0.05, 0) is 64.9 Å². The number of benzene rings is 3. The Morgan fingerprint density at radius 3 is 2.18 bits per heavy atom. The molecule has 1 amide bonds. The maximum absolute atomic E-state index is 13.5. The summed E-state index contributed by atoms with van der Waals surface area (Å²) in [4.78, 5) is 28.5. The highest BCUT2D eigenvalue weighted by Gasteiger charge is 2.46. The minimum absolute atomic E-state index is 0.0207. The van der Waals surface area contributed by atoms with Crippen LogP contribution in [-0.2, 0) is 21.4 Å². The van der Waals surface area contributed by atoms with Crippen molar-refractivity contribution in [2.75, 3.05) is 27.9 Å². The second-order valence-electron chi connectivity index (χ2n) is 10.5. The van der Waals surface area contributed by atoms with Gasteiger partial charge in [0.15, 0.2) is 0 Å². The van der Waals surface area contributed by atoms with Crippen LogP contribution >= 0.6 is 0 Å². The fourth-order valence-corrected chi connectivity index (χ4v) is 4.82. The zero-order valence-corrected chi connectivity index (χ0v) is 23.3. The molecule has 1 saturated heterocycles. The first-order valence-corrected chi connectivity index (χ1v) is 12.8. The minimum Gasteiger partial charge on any atom is -0.507 e. The van der Waals surface area contributed by atoms with E-state index in [1.165, 1.54) is 12.0 Å². The Kier molecular flexibility index (Phi) is 8.00. The molecule has 1 unspecified atom stereocenters. The Morgan fingerprint density at radius 1 is 0.872 bits per heavy atom. The summed E-state index contributed by atoms with van der Waals surface area (Å²) in [5.74, 6) is 0.0649. The third kappa shape index (κ3) is 5.62. The number of likely N-dealkylation sites (tertiary alicyclic amines) is 1. The fourth-order valence-electron chi connectivity index (χ4n) is 4.82. The molecule has 0 saturated carbocycles. The van der Waals surface area contributed by atoms with Gasteiger partial charge in [-0.3, -0.25) is 9.59 Å². The van der Waals surface area contributed by atoms with Crippen LogP contribution in [0.15, 0.2) is 72.3 Å². The van der Waals surface area contributed by atoms with Crippen LogP contribution in [0.1, 0.15) is 49.1 Å². The number of ether oxygens (including phenoxy) is 3. The van der Waals surface area contributed by atoms with E-state index in [0.717, 1.165) is 16.9 Å². The largest absolute Gasteiger partial charge is 0.507 e. The fraction of sp³-hybridized carbons (Fsp3) is 0.312. The maximum atomic E-state index is 13.5. The number of rotatable bonds is 8. The van der Waals surface area contributed by atoms with E-state index in [-0.39, 0.29) is 23.3 Å². The van der Waals surface area contributed by atoms with Gasteiger partial charge in [0.25, 0.3) is 11.7 Å². The van der Waals surface area contributed by atoms with Crippen molar-refractivity contribution in [3.05, 3.63) is 94.6 Å². The first kappa shape index (κ1) is 27.8. The molecule has 1 aliphatic heterocycles. The van der Waals surface area contributed by atoms with Gasteiger partial charge < -0.3 is 24.2 Å². The topological polar surface area (TPSA) is 85.3 Å². The number of aliphatic hydroxyl groups excluding tert-OH is 1. The van der Waals surface area contributed by atoms with E-state index in [4.69, 9.17) is 14.2 Å². The molecule has 39 heavy (non-hydrogen) atoms. The Morgan fingerprint density at radius 2 is 1.56 bits per heavy atom. The molecule has 1 heterocycles. The van der Waals surface area contributed by atoms with Gasteiger partial charge in [0.05, 0.1) is 38.5 Å². The molecule has 3 aromatic rings. The van der Waals surface area contributed by atoms with Crippen LogP contribution in [0, 0.1) is 0 Å². The van der Waals surface area contributed by atoms with Gasteiger partial charge in [-0.2, -0.15) is 0 Å². The van der Waals surface area contributed by atoms with Crippen LogP contribution < -0.4 is 14.2 Å². The van der Waals surface area contributed by atoms with E-state index in [1.807, 2.05) is 42.5 Å². The first-order valence-electron chi connectivity index (χ1n) is 12.8. The van der Waals surface area contributed by atoms with E-state index in [0.29, 0.717) is 29.0 Å². The zero-order valence-electron chi connectivity index (χ0n) is 23.3. The second-order valence-corrected chi connectivity index (χ2v) is 10.5. The van der Waals surface area contributed by atoms with E-state index >= 15 is 0 Å². The van der Waals surface area contributed by atoms with Crippen LogP contribution in [0.4, 0.5) is 0 Å². The van der Waals surface area contributed by atoms with Crippen molar-refractivity contribution in [1.29, 1.82) is 0 Å². The van der Waals surface area contributed by atoms with Crippen LogP contribution in [0.2, 0.25) is 0 Å². The van der Waals surface area contributed by atoms with Gasteiger partial charge in [-0.25, -0.2) is 0 Å². The molecule has 1 atom stereocenters. The van der Waals surface area contributed by atoms with Crippen LogP contribution in [0.3, 0.4) is 0 Å². The molecule has 0 bridgehead atoms. The summed E-state index contributed by atoms with van der Waals surface area (Å²) >= 11 is 0. The summed E-state index contributed by atoms with van der Waals surface area (Å²) in [5, 5.41) is 11.7. The van der Waals surface area contributed by atoms with Gasteiger partial charge in [0.1, 0.15) is 23.0 Å². The van der Waals surface area contributed by atoms with Crippen molar-refractivity contribution >= 4 is 17.4 Å². The lowest BCUT2D eigenvalue weighted by atomic mass is 9.85. The van der Waals surface area contributed by atoms with Gasteiger partial charge in [-0.1, -0.05) is 51.1 Å². The Balaban J connectivity index is 1.84. The summed E-state index contributed by atoms with van der Waals surface area (Å²) in [5.41, 5.74) is 2.78. The maximum Gasteiger partial charge on any atom is 0.295 e. The smallest absolute Gasteiger partial charge is 0.295 e. The summed E-state index contributed by atoms with van der Waals surface area (Å²) in [6, 6.07) is 19.5. The highest BCUT2D eigenvalue weighted by Crippen LogP contribution is 2.42. The number of aliphatic hydroxyl groups is 1. The van der Waals surface area contributed by atoms with Gasteiger partial charge in [-0.15, -0.1) is 0 Å². The number of hydrogen-bond acceptors (Lipinski definition) is 6. The monoisotopic (exact) mass is 529 g/mol. The molecule has 204 valence electrons. The third-order valence-electron chi connectivity index (χ3n) is 7.07. The molecule has 4 rings (SSSR count). The summed E-state index contributed by atoms with van der Waals surface area (Å²) in [6.45, 7) is 6.46. The van der Waals surface area contributed by atoms with E-state index in [1.54, 1.807) is 38.5 Å². The SMILES string of the molecule is COc1ccc(CCN2C(=O)C(=O)/C(=C(/O)c3cc(C(C)(C)C)ccc3OC)C2c2cccc(OC)c2)cc1. The van der Waals surface area contributed by atoms with E-state index in [9.17, 15) is 14.7 Å². The van der Waals surface area contributed by atoms with Crippen molar-refractivity contribution < 1.29 is 28.9 Å². The van der Waals surface area contributed by atoms with Crippen LogP contribution in [0.5, 0.6) is 17.2 Å². The second kappa shape index (κ2) is 11.2. The number of carbonyl (C=O) groups is 2. The molecule has 3 aromatic carbocycles. The lowest BCUT2D eigenvalue weighted by Crippen LogP contribution is -2.31. The molecule has 1 N–H and O–H groups in total. The molecule has 7 nitrogen and oxygen atoms in total. The van der Waals surface area contributed by atoms with E-state index in [2.05, 4.69) is 20.8 Å². The Labute approximate surface area is 229 Å². The lowest BCUT2D eigenvalue weighted by molar-refractivity contribution is -0.139. The molecule has 7 heteroatoms. The number of carbonyl (C=O) groups excluding carboxylic acids is 2. The van der Waals surface area contributed by atoms with Crippen LogP contribution in [-0.4, -0.2) is 49.6 Å². The number of Topliss-reactive ketones (excluding diaryl/α,β-unsaturated/α-hetero) is 1. The van der Waals surface area contributed by atoms with Gasteiger partial charge >= 0.3 is 0 Å². The van der Waals surface area contributed by atoms with Gasteiger partial charge in [0, 0.05) is 6.54 Å². The highest BCUT2D eigenvalue weighted by molar-refractivity contribution is 6.46. The summed E-state index contributed by atoms with van der Waals surface area (Å²) in [6.07, 6.45) is 0.514. The molecule has 0 spiro atoms. The Bertz CT molecular complexity index is 1400. The van der Waals surface area contributed by atoms with Crippen molar-refractivity contribution in [3.63, 3.8) is 0 Å². The number of nitrogens with zero attached hydrogens (tertiary/aromatic N) is 1. The van der Waals surface area contributed by atoms with Crippen molar-refractivity contribution in [1.82, 2.24) is 4.90 Å². The average molecular weight is 530 g/mol. The highest BCUT2D eigenvalue weighted by atomic mass is 16.5. The van der Waals surface area contributed by atoms with Crippen molar-refractivity contribution in [2.45, 2.75) is 38.6 Å². The molecule has 1 aliphatic rings. The lowest BCUT2D eigenvalue weighted by Gasteiger charge is -2.26. The third-order valence-corrected chi connectivity index (χ3v) is 7.07. The summed E-state index contributed by atoms with van der Waals surface area (Å²) in [7, 11) is 4.67. The number of ketones is 1. The zero-order chi connectivity index (χ0) is 28.3. The molecule has 0 aromatic heterocycles. The molecular weight excluding hydrogens is 494 g/mol. The van der Waals surface area contributed by atoms with E-state index < -0.39 is 17.7 Å². The van der Waals surface area contributed by atoms with Gasteiger partial charge in [0.2, 0.25) is 0 Å². The molecule has 1 fully saturated rings. The van der Waals surface area contributed by atoms with Crippen molar-refractivity contribution in [3.8, 4) is 17.2 Å². The average Bonchev–Trinajstić information content (AvgIpc) is 3.20. The predicted octanol–water partition coefficient (Wildman–Crippen LogP) is 5.67. The van der Waals surface area contributed by atoms with Crippen molar-refractivity contribution in [2.24, 2.45) is 0 Å². The first-order chi connectivity index (χ1) is 18.6. The number of amides is 1. The normalized spacial score (nSPS) is 16.9. The van der Waals surface area contributed by atoms with Crippen LogP contribution in [0.25, 0.3) is 5.76 Å².